The summed E-state index contributed by atoms with van der Waals surface area (Å²) in [6.45, 7) is 2.82. The summed E-state index contributed by atoms with van der Waals surface area (Å²) in [5, 5.41) is 0.754. The quantitative estimate of drug-likeness (QED) is 0.895. The van der Waals surface area contributed by atoms with E-state index in [1.807, 2.05) is 12.1 Å². The lowest BCUT2D eigenvalue weighted by Gasteiger charge is -2.39. The smallest absolute Gasteiger partial charge is 0.0551 e. The second-order valence-electron chi connectivity index (χ2n) is 5.66. The number of benzene rings is 1. The number of nitrogens with zero attached hydrogens (tertiary/aromatic N) is 2. The van der Waals surface area contributed by atoms with Crippen molar-refractivity contribution in [1.29, 1.82) is 0 Å². The molecule has 0 amide bonds. The molecule has 1 aliphatic heterocycles. The van der Waals surface area contributed by atoms with E-state index in [-0.39, 0.29) is 6.04 Å². The highest BCUT2D eigenvalue weighted by atomic mass is 79.9. The molecule has 2 N–H and O–H groups in total. The van der Waals surface area contributed by atoms with Gasteiger partial charge in [0.2, 0.25) is 0 Å². The molecule has 112 valence electrons. The topological polar surface area (TPSA) is 32.5 Å². The van der Waals surface area contributed by atoms with Gasteiger partial charge in [0.05, 0.1) is 5.02 Å². The van der Waals surface area contributed by atoms with Gasteiger partial charge in [-0.25, -0.2) is 0 Å². The first-order valence-electron chi connectivity index (χ1n) is 7.08. The minimum atomic E-state index is 0.267. The molecule has 0 radical (unpaired) electrons. The number of piperidine rings is 1. The SMILES string of the molecule is CN(C)C1CCN(C(CN)c2ccc(Br)c(Cl)c2)CC1. The third-order valence-corrected chi connectivity index (χ3v) is 5.45. The van der Waals surface area contributed by atoms with Crippen molar-refractivity contribution in [3.8, 4) is 0 Å². The van der Waals surface area contributed by atoms with Crippen molar-refractivity contribution in [1.82, 2.24) is 9.80 Å². The zero-order valence-corrected chi connectivity index (χ0v) is 14.5. The monoisotopic (exact) mass is 359 g/mol. The van der Waals surface area contributed by atoms with Gasteiger partial charge in [0.15, 0.2) is 0 Å². The minimum Gasteiger partial charge on any atom is -0.329 e. The molecule has 1 aromatic rings. The molecule has 0 aromatic heterocycles. The molecule has 3 nitrogen and oxygen atoms in total. The lowest BCUT2D eigenvalue weighted by atomic mass is 9.99. The Morgan fingerprint density at radius 1 is 1.40 bits per heavy atom. The van der Waals surface area contributed by atoms with Gasteiger partial charge in [-0.3, -0.25) is 4.90 Å². The molecule has 2 rings (SSSR count). The molecule has 5 heteroatoms. The van der Waals surface area contributed by atoms with Crippen molar-refractivity contribution >= 4 is 27.5 Å². The van der Waals surface area contributed by atoms with Gasteiger partial charge >= 0.3 is 0 Å². The number of halogens is 2. The standard InChI is InChI=1S/C15H23BrClN3/c1-19(2)12-5-7-20(8-6-12)15(10-18)11-3-4-13(16)14(17)9-11/h3-4,9,12,15H,5-8,10,18H2,1-2H3. The largest absolute Gasteiger partial charge is 0.329 e. The van der Waals surface area contributed by atoms with Crippen LogP contribution in [0.2, 0.25) is 5.02 Å². The summed E-state index contributed by atoms with van der Waals surface area (Å²) < 4.78 is 0.935. The molecular weight excluding hydrogens is 338 g/mol. The van der Waals surface area contributed by atoms with E-state index in [0.29, 0.717) is 12.6 Å². The minimum absolute atomic E-state index is 0.267. The van der Waals surface area contributed by atoms with E-state index < -0.39 is 0 Å². The van der Waals surface area contributed by atoms with Crippen LogP contribution in [0.3, 0.4) is 0 Å². The molecule has 1 fully saturated rings. The van der Waals surface area contributed by atoms with E-state index in [4.69, 9.17) is 17.3 Å². The van der Waals surface area contributed by atoms with E-state index in [2.05, 4.69) is 45.9 Å². The van der Waals surface area contributed by atoms with Gasteiger partial charge in [0.25, 0.3) is 0 Å². The van der Waals surface area contributed by atoms with E-state index >= 15 is 0 Å². The number of nitrogens with two attached hydrogens (primary N) is 1. The van der Waals surface area contributed by atoms with Crippen LogP contribution in [0.5, 0.6) is 0 Å². The summed E-state index contributed by atoms with van der Waals surface area (Å²) in [5.74, 6) is 0. The van der Waals surface area contributed by atoms with Crippen LogP contribution in [0.1, 0.15) is 24.4 Å². The number of likely N-dealkylation sites (tertiary alicyclic amines) is 1. The van der Waals surface area contributed by atoms with Gasteiger partial charge in [-0.1, -0.05) is 17.7 Å². The van der Waals surface area contributed by atoms with E-state index in [0.717, 1.165) is 22.6 Å². The summed E-state index contributed by atoms with van der Waals surface area (Å²) in [7, 11) is 4.32. The highest BCUT2D eigenvalue weighted by molar-refractivity contribution is 9.10. The van der Waals surface area contributed by atoms with Gasteiger partial charge in [-0.05, 0) is 60.6 Å². The van der Waals surface area contributed by atoms with Crippen LogP contribution in [0.15, 0.2) is 22.7 Å². The van der Waals surface area contributed by atoms with Crippen LogP contribution < -0.4 is 5.73 Å². The summed E-state index contributed by atoms with van der Waals surface area (Å²) in [4.78, 5) is 4.81. The average Bonchev–Trinajstić information content (AvgIpc) is 2.44. The highest BCUT2D eigenvalue weighted by Gasteiger charge is 2.26. The van der Waals surface area contributed by atoms with Gasteiger partial charge in [-0.15, -0.1) is 0 Å². The Bertz CT molecular complexity index is 445. The molecular formula is C15H23BrClN3. The fraction of sp³-hybridized carbons (Fsp3) is 0.600. The summed E-state index contributed by atoms with van der Waals surface area (Å²) in [6.07, 6.45) is 2.40. The molecule has 1 aliphatic rings. The fourth-order valence-corrected chi connectivity index (χ4v) is 3.37. The predicted octanol–water partition coefficient (Wildman–Crippen LogP) is 3.13. The van der Waals surface area contributed by atoms with Gasteiger partial charge in [0, 0.05) is 36.2 Å². The first-order valence-corrected chi connectivity index (χ1v) is 8.25. The summed E-state index contributed by atoms with van der Waals surface area (Å²) in [6, 6.07) is 7.11. The van der Waals surface area contributed by atoms with Crippen molar-refractivity contribution in [2.45, 2.75) is 24.9 Å². The van der Waals surface area contributed by atoms with Gasteiger partial charge < -0.3 is 10.6 Å². The molecule has 1 unspecified atom stereocenters. The first kappa shape index (κ1) is 16.2. The maximum atomic E-state index is 6.21. The van der Waals surface area contributed by atoms with E-state index in [1.54, 1.807) is 0 Å². The first-order chi connectivity index (χ1) is 9.52. The normalized spacial score (nSPS) is 19.5. The van der Waals surface area contributed by atoms with Crippen molar-refractivity contribution in [3.05, 3.63) is 33.3 Å². The molecule has 1 heterocycles. The molecule has 0 bridgehead atoms. The number of hydrogen-bond donors (Lipinski definition) is 1. The maximum Gasteiger partial charge on any atom is 0.0551 e. The molecule has 0 aliphatic carbocycles. The maximum absolute atomic E-state index is 6.21. The van der Waals surface area contributed by atoms with Crippen LogP contribution in [0.25, 0.3) is 0 Å². The summed E-state index contributed by atoms with van der Waals surface area (Å²) in [5.41, 5.74) is 7.22. The predicted molar refractivity (Wildman–Crippen MR) is 89.2 cm³/mol. The molecule has 0 spiro atoms. The molecule has 1 atom stereocenters. The summed E-state index contributed by atoms with van der Waals surface area (Å²) >= 11 is 9.64. The van der Waals surface area contributed by atoms with Crippen molar-refractivity contribution in [2.24, 2.45) is 5.73 Å². The third kappa shape index (κ3) is 3.74. The molecule has 1 aromatic carbocycles. The Morgan fingerprint density at radius 3 is 2.55 bits per heavy atom. The Labute approximate surface area is 135 Å². The Kier molecular flexibility index (Phi) is 5.87. The van der Waals surface area contributed by atoms with Crippen molar-refractivity contribution in [2.75, 3.05) is 33.7 Å². The average molecular weight is 361 g/mol. The molecule has 0 saturated carbocycles. The van der Waals surface area contributed by atoms with E-state index in [9.17, 15) is 0 Å². The fourth-order valence-electron chi connectivity index (χ4n) is 2.93. The Balaban J connectivity index is 2.07. The number of hydrogen-bond acceptors (Lipinski definition) is 3. The zero-order valence-electron chi connectivity index (χ0n) is 12.1. The Morgan fingerprint density at radius 2 is 2.05 bits per heavy atom. The lowest BCUT2D eigenvalue weighted by Crippen LogP contribution is -2.45. The van der Waals surface area contributed by atoms with Crippen molar-refractivity contribution < 1.29 is 0 Å². The highest BCUT2D eigenvalue weighted by Crippen LogP contribution is 2.30. The zero-order chi connectivity index (χ0) is 14.7. The molecule has 1 saturated heterocycles. The second-order valence-corrected chi connectivity index (χ2v) is 6.92. The third-order valence-electron chi connectivity index (χ3n) is 4.22. The van der Waals surface area contributed by atoms with Crippen LogP contribution in [-0.2, 0) is 0 Å². The second kappa shape index (κ2) is 7.23. The Hall–Kier alpha value is -0.130. The van der Waals surface area contributed by atoms with Crippen LogP contribution in [0.4, 0.5) is 0 Å². The van der Waals surface area contributed by atoms with Gasteiger partial charge in [0.1, 0.15) is 0 Å². The van der Waals surface area contributed by atoms with Crippen molar-refractivity contribution in [3.63, 3.8) is 0 Å². The molecule has 20 heavy (non-hydrogen) atoms. The van der Waals surface area contributed by atoms with Crippen LogP contribution >= 0.6 is 27.5 Å². The number of rotatable bonds is 4. The van der Waals surface area contributed by atoms with Crippen LogP contribution in [-0.4, -0.2) is 49.6 Å². The van der Waals surface area contributed by atoms with E-state index in [1.165, 1.54) is 18.4 Å². The lowest BCUT2D eigenvalue weighted by molar-refractivity contribution is 0.111. The van der Waals surface area contributed by atoms with Crippen LogP contribution in [0, 0.1) is 0 Å². The van der Waals surface area contributed by atoms with Gasteiger partial charge in [-0.2, -0.15) is 0 Å².